The summed E-state index contributed by atoms with van der Waals surface area (Å²) in [4.78, 5) is 3.08. The van der Waals surface area contributed by atoms with Crippen molar-refractivity contribution in [2.75, 3.05) is 14.1 Å². The summed E-state index contributed by atoms with van der Waals surface area (Å²) in [6.07, 6.45) is 0. The lowest BCUT2D eigenvalue weighted by molar-refractivity contribution is 0.633. The Labute approximate surface area is 108 Å². The summed E-state index contributed by atoms with van der Waals surface area (Å²) in [5.41, 5.74) is 1.35. The number of hydrogen-bond donors (Lipinski definition) is 0. The minimum absolute atomic E-state index is 0.561. The Hall–Kier alpha value is -1.29. The molecule has 0 unspecified atom stereocenters. The van der Waals surface area contributed by atoms with Crippen LogP contribution in [0.5, 0.6) is 0 Å². The van der Waals surface area contributed by atoms with Crippen molar-refractivity contribution in [1.82, 2.24) is 4.90 Å². The van der Waals surface area contributed by atoms with Crippen molar-refractivity contribution in [2.45, 2.75) is 24.7 Å². The molecule has 1 aromatic rings. The fourth-order valence-electron chi connectivity index (χ4n) is 1.29. The zero-order valence-corrected chi connectivity index (χ0v) is 11.7. The molecule has 4 heteroatoms. The lowest BCUT2D eigenvalue weighted by Crippen LogP contribution is -2.18. The van der Waals surface area contributed by atoms with Gasteiger partial charge in [0.1, 0.15) is 0 Å². The second-order valence-corrected chi connectivity index (χ2v) is 5.28. The van der Waals surface area contributed by atoms with E-state index < -0.39 is 0 Å². The molecule has 0 aliphatic carbocycles. The molecule has 1 aromatic carbocycles. The summed E-state index contributed by atoms with van der Waals surface area (Å²) in [6.45, 7) is 7.77. The summed E-state index contributed by atoms with van der Waals surface area (Å²) in [6, 6.07) is 8.54. The van der Waals surface area contributed by atoms with E-state index in [1.807, 2.05) is 19.0 Å². The molecule has 0 bridgehead atoms. The molecule has 3 nitrogen and oxygen atoms in total. The van der Waals surface area contributed by atoms with E-state index >= 15 is 0 Å². The molecule has 0 atom stereocenters. The van der Waals surface area contributed by atoms with E-state index in [1.54, 1.807) is 11.8 Å². The SMILES string of the molecule is C=N/N=C(/Sc1ccc(C(C)C)cc1)N(C)C. The van der Waals surface area contributed by atoms with Crippen molar-refractivity contribution in [3.63, 3.8) is 0 Å². The Balaban J connectivity index is 2.80. The van der Waals surface area contributed by atoms with Crippen LogP contribution in [0, 0.1) is 0 Å². The van der Waals surface area contributed by atoms with Crippen LogP contribution in [-0.2, 0) is 0 Å². The third-order valence-electron chi connectivity index (χ3n) is 2.29. The molecule has 92 valence electrons. The second kappa shape index (κ2) is 6.45. The Morgan fingerprint density at radius 2 is 1.82 bits per heavy atom. The van der Waals surface area contributed by atoms with Crippen molar-refractivity contribution in [2.24, 2.45) is 10.2 Å². The van der Waals surface area contributed by atoms with E-state index in [-0.39, 0.29) is 0 Å². The largest absolute Gasteiger partial charge is 0.356 e. The number of amidine groups is 1. The standard InChI is InChI=1S/C13H19N3S/c1-10(2)11-6-8-12(9-7-11)17-13(15-14-3)16(4)5/h6-10H,3H2,1-2,4-5H3/b15-13+. The predicted molar refractivity (Wildman–Crippen MR) is 77.1 cm³/mol. The molecule has 0 amide bonds. The maximum Gasteiger partial charge on any atom is 0.190 e. The normalized spacial score (nSPS) is 11.7. The zero-order chi connectivity index (χ0) is 12.8. The Morgan fingerprint density at radius 3 is 2.24 bits per heavy atom. The molecule has 0 aliphatic heterocycles. The van der Waals surface area contributed by atoms with Gasteiger partial charge < -0.3 is 4.90 Å². The molecular formula is C13H19N3S. The van der Waals surface area contributed by atoms with Gasteiger partial charge in [0.15, 0.2) is 5.17 Å². The summed E-state index contributed by atoms with van der Waals surface area (Å²) < 4.78 is 0. The van der Waals surface area contributed by atoms with Gasteiger partial charge >= 0.3 is 0 Å². The summed E-state index contributed by atoms with van der Waals surface area (Å²) in [5, 5.41) is 8.40. The van der Waals surface area contributed by atoms with Crippen LogP contribution in [0.25, 0.3) is 0 Å². The number of rotatable bonds is 3. The molecule has 0 heterocycles. The summed E-state index contributed by atoms with van der Waals surface area (Å²) >= 11 is 1.58. The van der Waals surface area contributed by atoms with Gasteiger partial charge in [0.05, 0.1) is 0 Å². The molecule has 0 radical (unpaired) electrons. The maximum atomic E-state index is 4.00. The first-order valence-corrected chi connectivity index (χ1v) is 6.35. The van der Waals surface area contributed by atoms with Crippen LogP contribution < -0.4 is 0 Å². The first-order chi connectivity index (χ1) is 8.04. The number of thioether (sulfide) groups is 1. The van der Waals surface area contributed by atoms with Gasteiger partial charge in [-0.1, -0.05) is 37.7 Å². The summed E-state index contributed by atoms with van der Waals surface area (Å²) in [5.74, 6) is 0.561. The van der Waals surface area contributed by atoms with Gasteiger partial charge in [0.25, 0.3) is 0 Å². The lowest BCUT2D eigenvalue weighted by atomic mass is 10.0. The van der Waals surface area contributed by atoms with Crippen LogP contribution in [0.3, 0.4) is 0 Å². The molecule has 0 aliphatic rings. The minimum Gasteiger partial charge on any atom is -0.356 e. The van der Waals surface area contributed by atoms with Crippen LogP contribution >= 0.6 is 11.8 Å². The van der Waals surface area contributed by atoms with E-state index in [2.05, 4.69) is 55.0 Å². The topological polar surface area (TPSA) is 28.0 Å². The summed E-state index contributed by atoms with van der Waals surface area (Å²) in [7, 11) is 3.89. The fourth-order valence-corrected chi connectivity index (χ4v) is 2.05. The minimum atomic E-state index is 0.561. The highest BCUT2D eigenvalue weighted by Crippen LogP contribution is 2.23. The van der Waals surface area contributed by atoms with Crippen LogP contribution in [0.1, 0.15) is 25.3 Å². The number of hydrogen-bond acceptors (Lipinski definition) is 3. The predicted octanol–water partition coefficient (Wildman–Crippen LogP) is 3.44. The van der Waals surface area contributed by atoms with Gasteiger partial charge in [-0.15, -0.1) is 5.10 Å². The molecule has 0 fully saturated rings. The second-order valence-electron chi connectivity index (χ2n) is 4.24. The third-order valence-corrected chi connectivity index (χ3v) is 3.43. The smallest absolute Gasteiger partial charge is 0.190 e. The van der Waals surface area contributed by atoms with Crippen molar-refractivity contribution < 1.29 is 0 Å². The highest BCUT2D eigenvalue weighted by atomic mass is 32.2. The van der Waals surface area contributed by atoms with E-state index in [4.69, 9.17) is 0 Å². The fraction of sp³-hybridized carbons (Fsp3) is 0.385. The molecule has 17 heavy (non-hydrogen) atoms. The molecule has 0 aromatic heterocycles. The van der Waals surface area contributed by atoms with Gasteiger partial charge in [0.2, 0.25) is 0 Å². The van der Waals surface area contributed by atoms with E-state index in [0.717, 1.165) is 10.1 Å². The average Bonchev–Trinajstić information content (AvgIpc) is 2.29. The van der Waals surface area contributed by atoms with Crippen LogP contribution in [0.4, 0.5) is 0 Å². The Morgan fingerprint density at radius 1 is 1.24 bits per heavy atom. The molecule has 1 rings (SSSR count). The number of benzene rings is 1. The van der Waals surface area contributed by atoms with Crippen LogP contribution in [-0.4, -0.2) is 30.9 Å². The van der Waals surface area contributed by atoms with E-state index in [9.17, 15) is 0 Å². The molecule has 0 spiro atoms. The van der Waals surface area contributed by atoms with Gasteiger partial charge in [0, 0.05) is 25.7 Å². The molecular weight excluding hydrogens is 230 g/mol. The van der Waals surface area contributed by atoms with E-state index in [1.165, 1.54) is 5.56 Å². The van der Waals surface area contributed by atoms with Crippen molar-refractivity contribution in [3.05, 3.63) is 29.8 Å². The molecule has 0 N–H and O–H groups in total. The first-order valence-electron chi connectivity index (χ1n) is 5.53. The van der Waals surface area contributed by atoms with Gasteiger partial charge in [-0.05, 0) is 23.6 Å². The number of nitrogens with zero attached hydrogens (tertiary/aromatic N) is 3. The van der Waals surface area contributed by atoms with Crippen LogP contribution in [0.2, 0.25) is 0 Å². The van der Waals surface area contributed by atoms with Crippen LogP contribution in [0.15, 0.2) is 39.4 Å². The zero-order valence-electron chi connectivity index (χ0n) is 10.8. The first kappa shape index (κ1) is 13.8. The van der Waals surface area contributed by atoms with Crippen molar-refractivity contribution >= 4 is 23.6 Å². The van der Waals surface area contributed by atoms with E-state index in [0.29, 0.717) is 5.92 Å². The quantitative estimate of drug-likeness (QED) is 0.355. The highest BCUT2D eigenvalue weighted by molar-refractivity contribution is 8.13. The van der Waals surface area contributed by atoms with Crippen molar-refractivity contribution in [1.29, 1.82) is 0 Å². The monoisotopic (exact) mass is 249 g/mol. The van der Waals surface area contributed by atoms with Gasteiger partial charge in [-0.3, -0.25) is 0 Å². The molecule has 0 saturated carbocycles. The van der Waals surface area contributed by atoms with Crippen molar-refractivity contribution in [3.8, 4) is 0 Å². The average molecular weight is 249 g/mol. The van der Waals surface area contributed by atoms with Gasteiger partial charge in [-0.2, -0.15) is 5.10 Å². The third kappa shape index (κ3) is 4.23. The Bertz CT molecular complexity index is 394. The lowest BCUT2D eigenvalue weighted by Gasteiger charge is -2.13. The van der Waals surface area contributed by atoms with Gasteiger partial charge in [-0.25, -0.2) is 0 Å². The highest BCUT2D eigenvalue weighted by Gasteiger charge is 2.06. The maximum absolute atomic E-state index is 4.00. The Kier molecular flexibility index (Phi) is 5.22. The molecule has 0 saturated heterocycles.